The summed E-state index contributed by atoms with van der Waals surface area (Å²) in [6.45, 7) is 5.53. The second-order valence-electron chi connectivity index (χ2n) is 4.54. The average Bonchev–Trinajstić information content (AvgIpc) is 2.39. The fourth-order valence-corrected chi connectivity index (χ4v) is 2.13. The van der Waals surface area contributed by atoms with Gasteiger partial charge >= 0.3 is 12.0 Å². The molecule has 1 rings (SSSR count). The highest BCUT2D eigenvalue weighted by molar-refractivity contribution is 5.83. The number of unbranched alkanes of at least 4 members (excludes halogenated alkanes) is 1. The number of nitrogens with zero attached hydrogens (tertiary/aromatic N) is 1. The fraction of sp³-hybridized carbons (Fsp3) is 0.846. The molecule has 1 aliphatic rings. The molecule has 1 atom stereocenters. The number of esters is 1. The van der Waals surface area contributed by atoms with Crippen molar-refractivity contribution >= 4 is 12.0 Å². The van der Waals surface area contributed by atoms with Crippen LogP contribution >= 0.6 is 0 Å². The Morgan fingerprint density at radius 1 is 1.33 bits per heavy atom. The van der Waals surface area contributed by atoms with Crippen LogP contribution < -0.4 is 5.32 Å². The summed E-state index contributed by atoms with van der Waals surface area (Å²) in [5.41, 5.74) is 0. The number of hydrogen-bond acceptors (Lipinski definition) is 3. The smallest absolute Gasteiger partial charge is 0.328 e. The minimum absolute atomic E-state index is 0.138. The molecule has 18 heavy (non-hydrogen) atoms. The summed E-state index contributed by atoms with van der Waals surface area (Å²) in [5.74, 6) is -0.275. The Morgan fingerprint density at radius 3 is 2.78 bits per heavy atom. The predicted molar refractivity (Wildman–Crippen MR) is 69.3 cm³/mol. The zero-order chi connectivity index (χ0) is 13.4. The van der Waals surface area contributed by atoms with E-state index in [1.54, 1.807) is 11.8 Å². The van der Waals surface area contributed by atoms with Gasteiger partial charge in [-0.1, -0.05) is 13.3 Å². The standard InChI is InChI=1S/C13H24N2O3/c1-3-5-9-14-13(17)15-10-7-6-8-11(15)12(16)18-4-2/h11H,3-10H2,1-2H3,(H,14,17). The van der Waals surface area contributed by atoms with Gasteiger partial charge in [0.25, 0.3) is 0 Å². The molecule has 5 nitrogen and oxygen atoms in total. The summed E-state index contributed by atoms with van der Waals surface area (Å²) in [7, 11) is 0. The van der Waals surface area contributed by atoms with Gasteiger partial charge in [-0.3, -0.25) is 0 Å². The third-order valence-electron chi connectivity index (χ3n) is 3.13. The van der Waals surface area contributed by atoms with E-state index in [-0.39, 0.29) is 12.0 Å². The highest BCUT2D eigenvalue weighted by atomic mass is 16.5. The van der Waals surface area contributed by atoms with Crippen LogP contribution in [0.2, 0.25) is 0 Å². The lowest BCUT2D eigenvalue weighted by molar-refractivity contribution is -0.149. The van der Waals surface area contributed by atoms with Crippen LogP contribution in [-0.4, -0.2) is 42.6 Å². The number of ether oxygens (including phenoxy) is 1. The third kappa shape index (κ3) is 4.20. The van der Waals surface area contributed by atoms with Crippen molar-refractivity contribution in [2.24, 2.45) is 0 Å². The monoisotopic (exact) mass is 256 g/mol. The maximum absolute atomic E-state index is 12.0. The molecule has 1 unspecified atom stereocenters. The molecule has 0 spiro atoms. The van der Waals surface area contributed by atoms with Crippen LogP contribution in [0.5, 0.6) is 0 Å². The predicted octanol–water partition coefficient (Wildman–Crippen LogP) is 1.91. The van der Waals surface area contributed by atoms with Crippen LogP contribution in [0.4, 0.5) is 4.79 Å². The van der Waals surface area contributed by atoms with Gasteiger partial charge in [0.2, 0.25) is 0 Å². The van der Waals surface area contributed by atoms with Gasteiger partial charge in [-0.2, -0.15) is 0 Å². The molecule has 1 heterocycles. The summed E-state index contributed by atoms with van der Waals surface area (Å²) in [5, 5.41) is 2.86. The highest BCUT2D eigenvalue weighted by Gasteiger charge is 2.32. The number of nitrogens with one attached hydrogen (secondary N) is 1. The number of carbonyl (C=O) groups is 2. The first kappa shape index (κ1) is 14.8. The average molecular weight is 256 g/mol. The number of amides is 2. The third-order valence-corrected chi connectivity index (χ3v) is 3.13. The first-order valence-electron chi connectivity index (χ1n) is 6.91. The van der Waals surface area contributed by atoms with Crippen molar-refractivity contribution < 1.29 is 14.3 Å². The maximum Gasteiger partial charge on any atom is 0.328 e. The minimum atomic E-state index is -0.402. The number of carbonyl (C=O) groups excluding carboxylic acids is 2. The van der Waals surface area contributed by atoms with Gasteiger partial charge in [0.15, 0.2) is 0 Å². The summed E-state index contributed by atoms with van der Waals surface area (Å²) >= 11 is 0. The minimum Gasteiger partial charge on any atom is -0.464 e. The molecule has 1 aliphatic heterocycles. The normalized spacial score (nSPS) is 19.4. The number of rotatable bonds is 5. The van der Waals surface area contributed by atoms with Crippen LogP contribution in [0, 0.1) is 0 Å². The van der Waals surface area contributed by atoms with Crippen molar-refractivity contribution in [3.05, 3.63) is 0 Å². The van der Waals surface area contributed by atoms with Crippen molar-refractivity contribution in [1.29, 1.82) is 0 Å². The summed E-state index contributed by atoms with van der Waals surface area (Å²) < 4.78 is 5.03. The second kappa shape index (κ2) is 7.95. The van der Waals surface area contributed by atoms with Crippen molar-refractivity contribution in [2.45, 2.75) is 52.0 Å². The van der Waals surface area contributed by atoms with E-state index in [0.29, 0.717) is 26.1 Å². The van der Waals surface area contributed by atoms with E-state index < -0.39 is 6.04 Å². The number of piperidine rings is 1. The van der Waals surface area contributed by atoms with Gasteiger partial charge in [-0.15, -0.1) is 0 Å². The van der Waals surface area contributed by atoms with Crippen LogP contribution in [0.1, 0.15) is 46.0 Å². The summed E-state index contributed by atoms with van der Waals surface area (Å²) in [4.78, 5) is 25.4. The topological polar surface area (TPSA) is 58.6 Å². The Labute approximate surface area is 109 Å². The number of urea groups is 1. The Morgan fingerprint density at radius 2 is 2.11 bits per heavy atom. The van der Waals surface area contributed by atoms with Gasteiger partial charge in [-0.05, 0) is 32.6 Å². The number of hydrogen-bond donors (Lipinski definition) is 1. The van der Waals surface area contributed by atoms with E-state index in [0.717, 1.165) is 25.7 Å². The largest absolute Gasteiger partial charge is 0.464 e. The zero-order valence-corrected chi connectivity index (χ0v) is 11.4. The van der Waals surface area contributed by atoms with Gasteiger partial charge in [0.1, 0.15) is 6.04 Å². The van der Waals surface area contributed by atoms with Crippen LogP contribution in [-0.2, 0) is 9.53 Å². The van der Waals surface area contributed by atoms with E-state index in [4.69, 9.17) is 4.74 Å². The zero-order valence-electron chi connectivity index (χ0n) is 11.4. The first-order chi connectivity index (χ1) is 8.70. The van der Waals surface area contributed by atoms with E-state index in [2.05, 4.69) is 12.2 Å². The molecule has 2 amide bonds. The Hall–Kier alpha value is -1.26. The molecule has 1 saturated heterocycles. The van der Waals surface area contributed by atoms with Crippen LogP contribution in [0.3, 0.4) is 0 Å². The van der Waals surface area contributed by atoms with E-state index >= 15 is 0 Å². The molecular weight excluding hydrogens is 232 g/mol. The molecule has 0 aromatic heterocycles. The lowest BCUT2D eigenvalue weighted by Gasteiger charge is -2.33. The van der Waals surface area contributed by atoms with Crippen LogP contribution in [0.15, 0.2) is 0 Å². The fourth-order valence-electron chi connectivity index (χ4n) is 2.13. The SMILES string of the molecule is CCCCNC(=O)N1CCCCC1C(=O)OCC. The molecule has 0 bridgehead atoms. The van der Waals surface area contributed by atoms with Gasteiger partial charge in [-0.25, -0.2) is 9.59 Å². The van der Waals surface area contributed by atoms with Crippen molar-refractivity contribution in [3.8, 4) is 0 Å². The van der Waals surface area contributed by atoms with Crippen molar-refractivity contribution in [2.75, 3.05) is 19.7 Å². The van der Waals surface area contributed by atoms with Gasteiger partial charge in [0, 0.05) is 13.1 Å². The first-order valence-corrected chi connectivity index (χ1v) is 6.91. The summed E-state index contributed by atoms with van der Waals surface area (Å²) in [6.07, 6.45) is 4.64. The van der Waals surface area contributed by atoms with Crippen molar-refractivity contribution in [3.63, 3.8) is 0 Å². The molecule has 0 radical (unpaired) electrons. The van der Waals surface area contributed by atoms with E-state index in [1.807, 2.05) is 0 Å². The molecule has 0 aromatic rings. The molecule has 1 N–H and O–H groups in total. The number of likely N-dealkylation sites (tertiary alicyclic amines) is 1. The van der Waals surface area contributed by atoms with Crippen LogP contribution in [0.25, 0.3) is 0 Å². The van der Waals surface area contributed by atoms with E-state index in [1.165, 1.54) is 0 Å². The Balaban J connectivity index is 2.52. The lowest BCUT2D eigenvalue weighted by atomic mass is 10.0. The highest BCUT2D eigenvalue weighted by Crippen LogP contribution is 2.18. The molecule has 0 aromatic carbocycles. The molecule has 104 valence electrons. The Kier molecular flexibility index (Phi) is 6.54. The van der Waals surface area contributed by atoms with Gasteiger partial charge < -0.3 is 15.0 Å². The second-order valence-corrected chi connectivity index (χ2v) is 4.54. The maximum atomic E-state index is 12.0. The lowest BCUT2D eigenvalue weighted by Crippen LogP contribution is -2.52. The molecule has 0 aliphatic carbocycles. The van der Waals surface area contributed by atoms with Crippen molar-refractivity contribution in [1.82, 2.24) is 10.2 Å². The van der Waals surface area contributed by atoms with Gasteiger partial charge in [0.05, 0.1) is 6.61 Å². The molecular formula is C13H24N2O3. The molecule has 1 fully saturated rings. The van der Waals surface area contributed by atoms with E-state index in [9.17, 15) is 9.59 Å². The molecule has 0 saturated carbocycles. The quantitative estimate of drug-likeness (QED) is 0.604. The summed E-state index contributed by atoms with van der Waals surface area (Å²) in [6, 6.07) is -0.540. The molecule has 5 heteroatoms. The Bertz CT molecular complexity index is 281.